The fourth-order valence-corrected chi connectivity index (χ4v) is 3.37. The van der Waals surface area contributed by atoms with Crippen LogP contribution in [0.3, 0.4) is 0 Å². The van der Waals surface area contributed by atoms with E-state index < -0.39 is 0 Å². The van der Waals surface area contributed by atoms with Crippen molar-refractivity contribution >= 4 is 0 Å². The van der Waals surface area contributed by atoms with E-state index in [0.717, 1.165) is 42.3 Å². The number of nitrogens with one attached hydrogen (secondary N) is 2. The highest BCUT2D eigenvalue weighted by Crippen LogP contribution is 2.30. The van der Waals surface area contributed by atoms with Gasteiger partial charge in [-0.15, -0.1) is 0 Å². The monoisotopic (exact) mass is 307 g/mol. The largest absolute Gasteiger partial charge is 0.347 e. The minimum Gasteiger partial charge on any atom is -0.347 e. The molecular weight excluding hydrogens is 286 g/mol. The fourth-order valence-electron chi connectivity index (χ4n) is 3.37. The van der Waals surface area contributed by atoms with Crippen molar-refractivity contribution in [1.82, 2.24) is 25.1 Å². The lowest BCUT2D eigenvalue weighted by molar-refractivity contribution is 0.133. The number of piperidine rings is 1. The highest BCUT2D eigenvalue weighted by Gasteiger charge is 2.26. The van der Waals surface area contributed by atoms with Crippen LogP contribution in [-0.2, 0) is 6.54 Å². The lowest BCUT2D eigenvalue weighted by atomic mass is 10.0. The second-order valence-corrected chi connectivity index (χ2v) is 6.10. The van der Waals surface area contributed by atoms with Crippen molar-refractivity contribution in [3.63, 3.8) is 0 Å². The van der Waals surface area contributed by atoms with Crippen molar-refractivity contribution < 1.29 is 0 Å². The van der Waals surface area contributed by atoms with Crippen LogP contribution in [0.5, 0.6) is 0 Å². The topological polar surface area (TPSA) is 60.6 Å². The minimum atomic E-state index is 0.377. The number of aromatic nitrogens is 4. The highest BCUT2D eigenvalue weighted by molar-refractivity contribution is 5.58. The molecule has 2 N–H and O–H groups in total. The van der Waals surface area contributed by atoms with E-state index in [0.29, 0.717) is 6.04 Å². The number of hydrogen-bond acceptors (Lipinski definition) is 3. The average molecular weight is 307 g/mol. The lowest BCUT2D eigenvalue weighted by Gasteiger charge is -2.34. The number of rotatable bonds is 4. The van der Waals surface area contributed by atoms with Gasteiger partial charge in [-0.3, -0.25) is 10.00 Å². The van der Waals surface area contributed by atoms with Crippen molar-refractivity contribution in [1.29, 1.82) is 0 Å². The summed E-state index contributed by atoms with van der Waals surface area (Å²) in [4.78, 5) is 10.2. The molecule has 5 heteroatoms. The van der Waals surface area contributed by atoms with Crippen LogP contribution in [-0.4, -0.2) is 31.6 Å². The number of aromatic amines is 2. The Morgan fingerprint density at radius 1 is 1.17 bits per heavy atom. The summed E-state index contributed by atoms with van der Waals surface area (Å²) in [5, 5.41) is 7.66. The van der Waals surface area contributed by atoms with Crippen LogP contribution in [0.25, 0.3) is 11.3 Å². The van der Waals surface area contributed by atoms with E-state index in [9.17, 15) is 0 Å². The van der Waals surface area contributed by atoms with Gasteiger partial charge in [0.05, 0.1) is 11.7 Å². The van der Waals surface area contributed by atoms with Crippen LogP contribution in [0.1, 0.15) is 36.8 Å². The second kappa shape index (κ2) is 6.38. The summed E-state index contributed by atoms with van der Waals surface area (Å²) < 4.78 is 0. The molecule has 1 aliphatic heterocycles. The molecule has 3 heterocycles. The maximum absolute atomic E-state index is 4.46. The third-order valence-corrected chi connectivity index (χ3v) is 4.52. The summed E-state index contributed by atoms with van der Waals surface area (Å²) in [5.41, 5.74) is 3.31. The number of likely N-dealkylation sites (tertiary alicyclic amines) is 1. The standard InChI is InChI=1S/C18H21N5/c1-2-6-14(7-3-1)16-12-15(21-22-16)13-23-11-5-4-8-17(23)18-19-9-10-20-18/h1-3,6-7,9-10,12,17H,4-5,8,11,13H2,(H,19,20)(H,21,22). The minimum absolute atomic E-state index is 0.377. The van der Waals surface area contributed by atoms with Gasteiger partial charge in [-0.25, -0.2) is 4.98 Å². The van der Waals surface area contributed by atoms with E-state index in [2.05, 4.69) is 43.3 Å². The van der Waals surface area contributed by atoms with Gasteiger partial charge in [0.2, 0.25) is 0 Å². The SMILES string of the molecule is c1ccc(-c2cc(CN3CCCCC3c3ncc[nH]3)[nH]n2)cc1. The average Bonchev–Trinajstić information content (AvgIpc) is 3.28. The van der Waals surface area contributed by atoms with Gasteiger partial charge in [0.25, 0.3) is 0 Å². The first-order valence-electron chi connectivity index (χ1n) is 8.23. The number of hydrogen-bond donors (Lipinski definition) is 2. The van der Waals surface area contributed by atoms with E-state index in [-0.39, 0.29) is 0 Å². The Morgan fingerprint density at radius 3 is 2.91 bits per heavy atom. The normalized spacial score (nSPS) is 19.0. The number of H-pyrrole nitrogens is 2. The van der Waals surface area contributed by atoms with Gasteiger partial charge in [0.1, 0.15) is 5.82 Å². The number of imidazole rings is 1. The van der Waals surface area contributed by atoms with Crippen molar-refractivity contribution in [3.05, 3.63) is 60.3 Å². The van der Waals surface area contributed by atoms with Crippen molar-refractivity contribution in [2.75, 3.05) is 6.54 Å². The smallest absolute Gasteiger partial charge is 0.123 e. The van der Waals surface area contributed by atoms with Crippen molar-refractivity contribution in [2.45, 2.75) is 31.8 Å². The van der Waals surface area contributed by atoms with E-state index in [1.54, 1.807) is 0 Å². The lowest BCUT2D eigenvalue weighted by Crippen LogP contribution is -2.33. The van der Waals surface area contributed by atoms with E-state index in [1.807, 2.05) is 30.6 Å². The molecule has 1 aromatic carbocycles. The van der Waals surface area contributed by atoms with Gasteiger partial charge in [0, 0.05) is 30.2 Å². The summed E-state index contributed by atoms with van der Waals surface area (Å²) in [6.07, 6.45) is 7.42. The molecule has 0 radical (unpaired) electrons. The first kappa shape index (κ1) is 14.2. The maximum Gasteiger partial charge on any atom is 0.123 e. The Balaban J connectivity index is 1.52. The molecule has 1 unspecified atom stereocenters. The zero-order valence-electron chi connectivity index (χ0n) is 13.1. The molecule has 0 spiro atoms. The first-order chi connectivity index (χ1) is 11.4. The van der Waals surface area contributed by atoms with Crippen LogP contribution in [0, 0.1) is 0 Å². The Morgan fingerprint density at radius 2 is 2.09 bits per heavy atom. The Hall–Kier alpha value is -2.40. The Labute approximate surface area is 135 Å². The molecule has 5 nitrogen and oxygen atoms in total. The molecule has 0 amide bonds. The number of nitrogens with zero attached hydrogens (tertiary/aromatic N) is 3. The third kappa shape index (κ3) is 3.05. The predicted molar refractivity (Wildman–Crippen MR) is 89.6 cm³/mol. The first-order valence-corrected chi connectivity index (χ1v) is 8.23. The van der Waals surface area contributed by atoms with Crippen LogP contribution in [0.2, 0.25) is 0 Å². The summed E-state index contributed by atoms with van der Waals surface area (Å²) in [6, 6.07) is 12.8. The van der Waals surface area contributed by atoms with Crippen LogP contribution >= 0.6 is 0 Å². The van der Waals surface area contributed by atoms with Gasteiger partial charge in [-0.2, -0.15) is 5.10 Å². The van der Waals surface area contributed by atoms with E-state index in [4.69, 9.17) is 0 Å². The van der Waals surface area contributed by atoms with Crippen LogP contribution in [0.15, 0.2) is 48.8 Å². The molecule has 1 fully saturated rings. The highest BCUT2D eigenvalue weighted by atomic mass is 15.2. The van der Waals surface area contributed by atoms with Crippen LogP contribution < -0.4 is 0 Å². The number of benzene rings is 1. The third-order valence-electron chi connectivity index (χ3n) is 4.52. The zero-order chi connectivity index (χ0) is 15.5. The van der Waals surface area contributed by atoms with E-state index in [1.165, 1.54) is 12.8 Å². The summed E-state index contributed by atoms with van der Waals surface area (Å²) >= 11 is 0. The quantitative estimate of drug-likeness (QED) is 0.775. The van der Waals surface area contributed by atoms with Crippen LogP contribution in [0.4, 0.5) is 0 Å². The summed E-state index contributed by atoms with van der Waals surface area (Å²) in [5.74, 6) is 1.08. The molecule has 0 bridgehead atoms. The molecule has 0 saturated carbocycles. The van der Waals surface area contributed by atoms with Crippen molar-refractivity contribution in [3.8, 4) is 11.3 Å². The molecular formula is C18H21N5. The van der Waals surface area contributed by atoms with E-state index >= 15 is 0 Å². The molecule has 0 aliphatic carbocycles. The van der Waals surface area contributed by atoms with Gasteiger partial charge in [0.15, 0.2) is 0 Å². The fraction of sp³-hybridized carbons (Fsp3) is 0.333. The van der Waals surface area contributed by atoms with Gasteiger partial charge in [-0.05, 0) is 25.5 Å². The molecule has 1 saturated heterocycles. The van der Waals surface area contributed by atoms with Gasteiger partial charge >= 0.3 is 0 Å². The predicted octanol–water partition coefficient (Wildman–Crippen LogP) is 3.53. The molecule has 1 atom stereocenters. The van der Waals surface area contributed by atoms with Gasteiger partial charge < -0.3 is 4.98 Å². The Bertz CT molecular complexity index is 732. The molecule has 118 valence electrons. The molecule has 3 aromatic rings. The molecule has 2 aromatic heterocycles. The summed E-state index contributed by atoms with van der Waals surface area (Å²) in [7, 11) is 0. The Kier molecular flexibility index (Phi) is 3.94. The maximum atomic E-state index is 4.46. The van der Waals surface area contributed by atoms with Crippen molar-refractivity contribution in [2.24, 2.45) is 0 Å². The molecule has 23 heavy (non-hydrogen) atoms. The zero-order valence-corrected chi connectivity index (χ0v) is 13.1. The molecule has 1 aliphatic rings. The molecule has 4 rings (SSSR count). The summed E-state index contributed by atoms with van der Waals surface area (Å²) in [6.45, 7) is 1.98. The second-order valence-electron chi connectivity index (χ2n) is 6.10. The van der Waals surface area contributed by atoms with Gasteiger partial charge in [-0.1, -0.05) is 36.8 Å².